The first-order valence-corrected chi connectivity index (χ1v) is 5.85. The van der Waals surface area contributed by atoms with E-state index in [2.05, 4.69) is 20.2 Å². The Kier molecular flexibility index (Phi) is 5.11. The number of aromatic nitrogens is 2. The van der Waals surface area contributed by atoms with E-state index >= 15 is 0 Å². The van der Waals surface area contributed by atoms with Crippen LogP contribution in [-0.4, -0.2) is 34.6 Å². The van der Waals surface area contributed by atoms with Crippen LogP contribution < -0.4 is 10.6 Å². The Morgan fingerprint density at radius 3 is 2.75 bits per heavy atom. The molecule has 16 heavy (non-hydrogen) atoms. The topological polar surface area (TPSA) is 66.9 Å². The lowest BCUT2D eigenvalue weighted by molar-refractivity contribution is 0.0933. The molecule has 5 nitrogen and oxygen atoms in total. The second-order valence-corrected chi connectivity index (χ2v) is 4.44. The van der Waals surface area contributed by atoms with Crippen LogP contribution in [0.4, 0.5) is 0 Å². The van der Waals surface area contributed by atoms with Crippen LogP contribution in [0, 0.1) is 6.92 Å². The highest BCUT2D eigenvalue weighted by Crippen LogP contribution is 2.10. The number of piperidine rings is 1. The van der Waals surface area contributed by atoms with Gasteiger partial charge in [0.25, 0.3) is 5.91 Å². The average Bonchev–Trinajstić information content (AvgIpc) is 2.66. The van der Waals surface area contributed by atoms with Gasteiger partial charge in [0.15, 0.2) is 0 Å². The molecular formula is C9H15ClN4OS. The summed E-state index contributed by atoms with van der Waals surface area (Å²) in [5.41, 5.74) is 0.714. The Morgan fingerprint density at radius 1 is 1.50 bits per heavy atom. The quantitative estimate of drug-likeness (QED) is 0.826. The van der Waals surface area contributed by atoms with E-state index in [1.54, 1.807) is 6.92 Å². The third-order valence-electron chi connectivity index (χ3n) is 2.53. The molecule has 1 aromatic rings. The number of carbonyl (C=O) groups excluding carboxylic acids is 1. The molecule has 2 N–H and O–H groups in total. The minimum absolute atomic E-state index is 0. The molecule has 0 unspecified atom stereocenters. The molecule has 1 saturated heterocycles. The minimum Gasteiger partial charge on any atom is -0.348 e. The van der Waals surface area contributed by atoms with Crippen molar-refractivity contribution in [2.45, 2.75) is 25.8 Å². The van der Waals surface area contributed by atoms with Crippen molar-refractivity contribution in [1.82, 2.24) is 20.2 Å². The molecule has 2 heterocycles. The van der Waals surface area contributed by atoms with E-state index in [1.807, 2.05) is 0 Å². The van der Waals surface area contributed by atoms with Crippen molar-refractivity contribution >= 4 is 29.8 Å². The van der Waals surface area contributed by atoms with Gasteiger partial charge in [0, 0.05) is 6.04 Å². The molecule has 1 aliphatic rings. The molecule has 0 bridgehead atoms. The molecule has 0 aliphatic carbocycles. The molecule has 2 rings (SSSR count). The van der Waals surface area contributed by atoms with Gasteiger partial charge >= 0.3 is 0 Å². The fourth-order valence-corrected chi connectivity index (χ4v) is 2.22. The van der Waals surface area contributed by atoms with Gasteiger partial charge in [0.1, 0.15) is 4.88 Å². The Labute approximate surface area is 105 Å². The van der Waals surface area contributed by atoms with Crippen LogP contribution in [-0.2, 0) is 0 Å². The number of aryl methyl sites for hydroxylation is 1. The zero-order chi connectivity index (χ0) is 10.7. The second kappa shape index (κ2) is 6.12. The molecule has 0 spiro atoms. The molecule has 7 heteroatoms. The van der Waals surface area contributed by atoms with Gasteiger partial charge in [-0.25, -0.2) is 0 Å². The van der Waals surface area contributed by atoms with Gasteiger partial charge in [-0.05, 0) is 44.4 Å². The molecule has 0 aromatic carbocycles. The van der Waals surface area contributed by atoms with Crippen LogP contribution >= 0.6 is 23.9 Å². The number of rotatable bonds is 2. The Bertz CT molecular complexity index is 351. The monoisotopic (exact) mass is 262 g/mol. The molecule has 1 aliphatic heterocycles. The summed E-state index contributed by atoms with van der Waals surface area (Å²) >= 11 is 1.16. The van der Waals surface area contributed by atoms with Gasteiger partial charge in [0.05, 0.1) is 5.69 Å². The first-order chi connectivity index (χ1) is 7.27. The molecule has 1 amide bonds. The number of hydrogen-bond acceptors (Lipinski definition) is 5. The lowest BCUT2D eigenvalue weighted by Crippen LogP contribution is -2.42. The van der Waals surface area contributed by atoms with Crippen molar-refractivity contribution in [2.24, 2.45) is 0 Å². The number of nitrogens with one attached hydrogen (secondary N) is 2. The van der Waals surface area contributed by atoms with E-state index < -0.39 is 0 Å². The van der Waals surface area contributed by atoms with Crippen LogP contribution in [0.1, 0.15) is 28.2 Å². The molecule has 0 radical (unpaired) electrons. The van der Waals surface area contributed by atoms with Crippen molar-refractivity contribution in [3.05, 3.63) is 10.6 Å². The lowest BCUT2D eigenvalue weighted by atomic mass is 10.1. The van der Waals surface area contributed by atoms with Crippen LogP contribution in [0.2, 0.25) is 0 Å². The van der Waals surface area contributed by atoms with Gasteiger partial charge < -0.3 is 10.6 Å². The van der Waals surface area contributed by atoms with Crippen LogP contribution in [0.25, 0.3) is 0 Å². The number of carbonyl (C=O) groups is 1. The summed E-state index contributed by atoms with van der Waals surface area (Å²) in [6, 6.07) is 0.292. The lowest BCUT2D eigenvalue weighted by Gasteiger charge is -2.23. The Balaban J connectivity index is 0.00000128. The van der Waals surface area contributed by atoms with E-state index in [0.717, 1.165) is 37.5 Å². The van der Waals surface area contributed by atoms with E-state index in [1.165, 1.54) is 0 Å². The smallest absolute Gasteiger partial charge is 0.265 e. The first kappa shape index (κ1) is 13.3. The van der Waals surface area contributed by atoms with Crippen molar-refractivity contribution in [2.75, 3.05) is 13.1 Å². The second-order valence-electron chi connectivity index (χ2n) is 3.69. The number of hydrogen-bond donors (Lipinski definition) is 2. The van der Waals surface area contributed by atoms with E-state index in [-0.39, 0.29) is 18.3 Å². The molecular weight excluding hydrogens is 248 g/mol. The van der Waals surface area contributed by atoms with Crippen LogP contribution in [0.3, 0.4) is 0 Å². The molecule has 0 saturated carbocycles. The highest BCUT2D eigenvalue weighted by molar-refractivity contribution is 7.07. The van der Waals surface area contributed by atoms with Crippen molar-refractivity contribution < 1.29 is 4.79 Å². The summed E-state index contributed by atoms with van der Waals surface area (Å²) in [4.78, 5) is 12.4. The van der Waals surface area contributed by atoms with E-state index in [4.69, 9.17) is 0 Å². The number of nitrogens with zero attached hydrogens (tertiary/aromatic N) is 2. The largest absolute Gasteiger partial charge is 0.348 e. The third-order valence-corrected chi connectivity index (χ3v) is 3.36. The van der Waals surface area contributed by atoms with Crippen molar-refractivity contribution in [1.29, 1.82) is 0 Å². The number of halogens is 1. The summed E-state index contributed by atoms with van der Waals surface area (Å²) < 4.78 is 3.75. The summed E-state index contributed by atoms with van der Waals surface area (Å²) in [6.07, 6.45) is 1.99. The predicted molar refractivity (Wildman–Crippen MR) is 65.3 cm³/mol. The van der Waals surface area contributed by atoms with Crippen molar-refractivity contribution in [3.8, 4) is 0 Å². The SMILES string of the molecule is Cc1nnsc1C(=O)NC1CCNCC1.Cl. The Morgan fingerprint density at radius 2 is 2.19 bits per heavy atom. The predicted octanol–water partition coefficient (Wildman–Crippen LogP) is 0.750. The van der Waals surface area contributed by atoms with Gasteiger partial charge in [-0.3, -0.25) is 4.79 Å². The van der Waals surface area contributed by atoms with Gasteiger partial charge in [-0.1, -0.05) is 4.49 Å². The average molecular weight is 263 g/mol. The Hall–Kier alpha value is -0.720. The maximum absolute atomic E-state index is 11.8. The van der Waals surface area contributed by atoms with Gasteiger partial charge in [-0.2, -0.15) is 0 Å². The minimum atomic E-state index is -0.0330. The normalized spacial score (nSPS) is 16.6. The van der Waals surface area contributed by atoms with Gasteiger partial charge in [0.2, 0.25) is 0 Å². The summed E-state index contributed by atoms with van der Waals surface area (Å²) in [5, 5.41) is 10.1. The maximum atomic E-state index is 11.8. The van der Waals surface area contributed by atoms with E-state index in [0.29, 0.717) is 16.6 Å². The first-order valence-electron chi connectivity index (χ1n) is 5.08. The van der Waals surface area contributed by atoms with E-state index in [9.17, 15) is 4.79 Å². The molecule has 1 fully saturated rings. The standard InChI is InChI=1S/C9H14N4OS.ClH/c1-6-8(15-13-12-6)9(14)11-7-2-4-10-5-3-7;/h7,10H,2-5H2,1H3,(H,11,14);1H. The fourth-order valence-electron chi connectivity index (χ4n) is 1.66. The zero-order valence-electron chi connectivity index (χ0n) is 9.02. The molecule has 0 atom stereocenters. The van der Waals surface area contributed by atoms with Crippen LogP contribution in [0.15, 0.2) is 0 Å². The molecule has 1 aromatic heterocycles. The zero-order valence-corrected chi connectivity index (χ0v) is 10.7. The summed E-state index contributed by atoms with van der Waals surface area (Å²) in [7, 11) is 0. The summed E-state index contributed by atoms with van der Waals surface area (Å²) in [5.74, 6) is -0.0330. The van der Waals surface area contributed by atoms with Crippen molar-refractivity contribution in [3.63, 3.8) is 0 Å². The summed E-state index contributed by atoms with van der Waals surface area (Å²) in [6.45, 7) is 3.76. The van der Waals surface area contributed by atoms with Crippen LogP contribution in [0.5, 0.6) is 0 Å². The highest BCUT2D eigenvalue weighted by atomic mass is 35.5. The molecule has 90 valence electrons. The van der Waals surface area contributed by atoms with Gasteiger partial charge in [-0.15, -0.1) is 17.5 Å². The maximum Gasteiger partial charge on any atom is 0.265 e. The third kappa shape index (κ3) is 3.13. The number of amides is 1. The fraction of sp³-hybridized carbons (Fsp3) is 0.667. The highest BCUT2D eigenvalue weighted by Gasteiger charge is 2.19.